The van der Waals surface area contributed by atoms with Crippen LogP contribution in [0.1, 0.15) is 26.2 Å². The summed E-state index contributed by atoms with van der Waals surface area (Å²) in [7, 11) is -3.10. The summed E-state index contributed by atoms with van der Waals surface area (Å²) in [5, 5.41) is 0. The molecule has 1 aromatic carbocycles. The van der Waals surface area contributed by atoms with Crippen molar-refractivity contribution in [3.8, 4) is 0 Å². The Hall–Kier alpha value is -1.36. The Balaban J connectivity index is 2.76. The minimum absolute atomic E-state index is 0.0391. The maximum Gasteiger partial charge on any atom is 0.227 e. The molecule has 0 saturated carbocycles. The Bertz CT molecular complexity index is 497. The highest BCUT2D eigenvalue weighted by Gasteiger charge is 2.16. The van der Waals surface area contributed by atoms with Gasteiger partial charge in [-0.2, -0.15) is 0 Å². The second-order valence-electron chi connectivity index (χ2n) is 4.61. The van der Waals surface area contributed by atoms with E-state index in [2.05, 4.69) is 6.92 Å². The van der Waals surface area contributed by atoms with Crippen LogP contribution in [-0.4, -0.2) is 32.9 Å². The van der Waals surface area contributed by atoms with Gasteiger partial charge in [-0.15, -0.1) is 0 Å². The molecule has 0 N–H and O–H groups in total. The number of hydrogen-bond acceptors (Lipinski definition) is 3. The number of amides is 1. The average Bonchev–Trinajstić information content (AvgIpc) is 2.37. The van der Waals surface area contributed by atoms with E-state index < -0.39 is 9.84 Å². The van der Waals surface area contributed by atoms with E-state index in [1.165, 1.54) is 0 Å². The zero-order chi connectivity index (χ0) is 14.3. The molecule has 1 amide bonds. The molecule has 0 aliphatic rings. The molecule has 4 nitrogen and oxygen atoms in total. The molecule has 0 aromatic heterocycles. The minimum atomic E-state index is -3.10. The number of benzene rings is 1. The fourth-order valence-corrected chi connectivity index (χ4v) is 2.28. The first-order valence-corrected chi connectivity index (χ1v) is 8.53. The van der Waals surface area contributed by atoms with E-state index >= 15 is 0 Å². The van der Waals surface area contributed by atoms with Crippen LogP contribution in [0.25, 0.3) is 0 Å². The smallest absolute Gasteiger partial charge is 0.227 e. The second kappa shape index (κ2) is 7.28. The van der Waals surface area contributed by atoms with Crippen LogP contribution < -0.4 is 4.90 Å². The molecule has 0 bridgehead atoms. The predicted octanol–water partition coefficient (Wildman–Crippen LogP) is 2.25. The van der Waals surface area contributed by atoms with Crippen molar-refractivity contribution in [3.63, 3.8) is 0 Å². The first kappa shape index (κ1) is 15.7. The van der Waals surface area contributed by atoms with Crippen LogP contribution in [0.15, 0.2) is 30.3 Å². The maximum absolute atomic E-state index is 12.2. The molecular weight excluding hydrogens is 262 g/mol. The lowest BCUT2D eigenvalue weighted by Crippen LogP contribution is -2.33. The van der Waals surface area contributed by atoms with Gasteiger partial charge in [-0.3, -0.25) is 4.79 Å². The molecule has 106 valence electrons. The van der Waals surface area contributed by atoms with Gasteiger partial charge in [0.2, 0.25) is 5.91 Å². The third-order valence-electron chi connectivity index (χ3n) is 2.79. The van der Waals surface area contributed by atoms with Gasteiger partial charge in [0.25, 0.3) is 0 Å². The summed E-state index contributed by atoms with van der Waals surface area (Å²) in [5.41, 5.74) is 0.828. The zero-order valence-electron chi connectivity index (χ0n) is 11.5. The molecule has 1 rings (SSSR count). The highest BCUT2D eigenvalue weighted by molar-refractivity contribution is 7.90. The van der Waals surface area contributed by atoms with Crippen molar-refractivity contribution < 1.29 is 13.2 Å². The topological polar surface area (TPSA) is 54.5 Å². The van der Waals surface area contributed by atoms with Crippen LogP contribution in [0.3, 0.4) is 0 Å². The molecule has 0 fully saturated rings. The monoisotopic (exact) mass is 283 g/mol. The van der Waals surface area contributed by atoms with Gasteiger partial charge in [0, 0.05) is 24.9 Å². The third kappa shape index (κ3) is 5.87. The molecule has 0 atom stereocenters. The predicted molar refractivity (Wildman–Crippen MR) is 78.0 cm³/mol. The average molecular weight is 283 g/mol. The number of carbonyl (C=O) groups is 1. The summed E-state index contributed by atoms with van der Waals surface area (Å²) < 4.78 is 22.3. The fraction of sp³-hybridized carbons (Fsp3) is 0.500. The summed E-state index contributed by atoms with van der Waals surface area (Å²) >= 11 is 0. The van der Waals surface area contributed by atoms with Crippen molar-refractivity contribution >= 4 is 21.4 Å². The highest BCUT2D eigenvalue weighted by Crippen LogP contribution is 2.15. The number of sulfone groups is 1. The van der Waals surface area contributed by atoms with E-state index in [-0.39, 0.29) is 18.1 Å². The number of nitrogens with zero attached hydrogens (tertiary/aromatic N) is 1. The molecule has 0 spiro atoms. The maximum atomic E-state index is 12.2. The number of carbonyl (C=O) groups excluding carboxylic acids is 1. The van der Waals surface area contributed by atoms with Gasteiger partial charge < -0.3 is 4.90 Å². The zero-order valence-corrected chi connectivity index (χ0v) is 12.3. The van der Waals surface area contributed by atoms with Crippen molar-refractivity contribution in [2.45, 2.75) is 26.2 Å². The lowest BCUT2D eigenvalue weighted by Gasteiger charge is -2.22. The third-order valence-corrected chi connectivity index (χ3v) is 3.74. The Kier molecular flexibility index (Phi) is 6.02. The standard InChI is InChI=1S/C14H21NO3S/c1-3-4-11-15(13-8-6-5-7-9-13)14(16)10-12-19(2,17)18/h5-9H,3-4,10-12H2,1-2H3. The van der Waals surface area contributed by atoms with Crippen molar-refractivity contribution in [1.82, 2.24) is 0 Å². The summed E-state index contributed by atoms with van der Waals surface area (Å²) in [5.74, 6) is -0.230. The molecule has 0 aliphatic carbocycles. The van der Waals surface area contributed by atoms with Crippen molar-refractivity contribution in [3.05, 3.63) is 30.3 Å². The Morgan fingerprint density at radius 3 is 2.37 bits per heavy atom. The normalized spacial score (nSPS) is 11.3. The first-order valence-electron chi connectivity index (χ1n) is 6.47. The highest BCUT2D eigenvalue weighted by atomic mass is 32.2. The van der Waals surface area contributed by atoms with E-state index in [0.29, 0.717) is 6.54 Å². The molecule has 0 radical (unpaired) electrons. The van der Waals surface area contributed by atoms with Crippen molar-refractivity contribution in [2.24, 2.45) is 0 Å². The summed E-state index contributed by atoms with van der Waals surface area (Å²) in [6.07, 6.45) is 3.08. The number of hydrogen-bond donors (Lipinski definition) is 0. The number of para-hydroxylation sites is 1. The van der Waals surface area contributed by atoms with Gasteiger partial charge in [0.05, 0.1) is 5.75 Å². The van der Waals surface area contributed by atoms with Crippen LogP contribution in [0, 0.1) is 0 Å². The summed E-state index contributed by atoms with van der Waals surface area (Å²) in [4.78, 5) is 13.8. The Morgan fingerprint density at radius 1 is 1.21 bits per heavy atom. The fourth-order valence-electron chi connectivity index (χ4n) is 1.73. The molecule has 0 aliphatic heterocycles. The van der Waals surface area contributed by atoms with E-state index in [1.54, 1.807) is 4.90 Å². The van der Waals surface area contributed by atoms with Crippen LogP contribution >= 0.6 is 0 Å². The second-order valence-corrected chi connectivity index (χ2v) is 6.87. The lowest BCUT2D eigenvalue weighted by atomic mass is 10.2. The molecule has 0 saturated heterocycles. The number of rotatable bonds is 7. The van der Waals surface area contributed by atoms with Gasteiger partial charge >= 0.3 is 0 Å². The van der Waals surface area contributed by atoms with Crippen LogP contribution in [0.2, 0.25) is 0 Å². The number of anilines is 1. The van der Waals surface area contributed by atoms with Crippen LogP contribution in [0.5, 0.6) is 0 Å². The Labute approximate surface area is 115 Å². The molecular formula is C14H21NO3S. The largest absolute Gasteiger partial charge is 0.312 e. The summed E-state index contributed by atoms with van der Waals surface area (Å²) in [6, 6.07) is 9.38. The molecule has 0 heterocycles. The van der Waals surface area contributed by atoms with Crippen LogP contribution in [0.4, 0.5) is 5.69 Å². The SMILES string of the molecule is CCCCN(C(=O)CCS(C)(=O)=O)c1ccccc1. The van der Waals surface area contributed by atoms with Gasteiger partial charge in [-0.1, -0.05) is 31.5 Å². The van der Waals surface area contributed by atoms with Gasteiger partial charge in [0.1, 0.15) is 9.84 Å². The first-order chi connectivity index (χ1) is 8.94. The van der Waals surface area contributed by atoms with E-state index in [4.69, 9.17) is 0 Å². The Morgan fingerprint density at radius 2 is 1.84 bits per heavy atom. The minimum Gasteiger partial charge on any atom is -0.312 e. The van der Waals surface area contributed by atoms with E-state index in [9.17, 15) is 13.2 Å². The quantitative estimate of drug-likeness (QED) is 0.771. The summed E-state index contributed by atoms with van der Waals surface area (Å²) in [6.45, 7) is 2.69. The van der Waals surface area contributed by atoms with Gasteiger partial charge in [-0.25, -0.2) is 8.42 Å². The molecule has 5 heteroatoms. The molecule has 19 heavy (non-hydrogen) atoms. The number of unbranched alkanes of at least 4 members (excludes halogenated alkanes) is 1. The van der Waals surface area contributed by atoms with E-state index in [1.807, 2.05) is 30.3 Å². The van der Waals surface area contributed by atoms with Gasteiger partial charge in [-0.05, 0) is 18.6 Å². The van der Waals surface area contributed by atoms with Crippen molar-refractivity contribution in [1.29, 1.82) is 0 Å². The van der Waals surface area contributed by atoms with Gasteiger partial charge in [0.15, 0.2) is 0 Å². The lowest BCUT2D eigenvalue weighted by molar-refractivity contribution is -0.118. The van der Waals surface area contributed by atoms with E-state index in [0.717, 1.165) is 24.8 Å². The van der Waals surface area contributed by atoms with Crippen molar-refractivity contribution in [2.75, 3.05) is 23.5 Å². The molecule has 1 aromatic rings. The molecule has 0 unspecified atom stereocenters. The van der Waals surface area contributed by atoms with Crippen LogP contribution in [-0.2, 0) is 14.6 Å².